The van der Waals surface area contributed by atoms with Crippen molar-refractivity contribution in [2.45, 2.75) is 20.4 Å². The maximum Gasteiger partial charge on any atom is 0.272 e. The van der Waals surface area contributed by atoms with Gasteiger partial charge in [0.05, 0.1) is 4.92 Å². The molecule has 0 bridgehead atoms. The van der Waals surface area contributed by atoms with E-state index >= 15 is 0 Å². The number of rotatable bonds is 6. The Labute approximate surface area is 123 Å². The van der Waals surface area contributed by atoms with Gasteiger partial charge in [0.1, 0.15) is 11.5 Å². The second-order valence-electron chi connectivity index (χ2n) is 4.74. The predicted molar refractivity (Wildman–Crippen MR) is 81.7 cm³/mol. The molecule has 0 aliphatic heterocycles. The van der Waals surface area contributed by atoms with Crippen molar-refractivity contribution in [2.75, 3.05) is 6.54 Å². The quantitative estimate of drug-likeness (QED) is 0.648. The maximum atomic E-state index is 10.8. The van der Waals surface area contributed by atoms with Crippen molar-refractivity contribution in [3.05, 3.63) is 63.7 Å². The first kappa shape index (κ1) is 15.0. The molecule has 0 aliphatic rings. The summed E-state index contributed by atoms with van der Waals surface area (Å²) in [4.78, 5) is 10.4. The van der Waals surface area contributed by atoms with E-state index in [9.17, 15) is 10.1 Å². The molecule has 0 fully saturated rings. The van der Waals surface area contributed by atoms with Crippen molar-refractivity contribution in [3.63, 3.8) is 0 Å². The highest BCUT2D eigenvalue weighted by Gasteiger charge is 2.11. The second-order valence-corrected chi connectivity index (χ2v) is 4.74. The number of benzene rings is 2. The Balaban J connectivity index is 2.14. The highest BCUT2D eigenvalue weighted by Crippen LogP contribution is 2.27. The summed E-state index contributed by atoms with van der Waals surface area (Å²) in [5.41, 5.74) is 1.82. The third-order valence-corrected chi connectivity index (χ3v) is 3.08. The minimum Gasteiger partial charge on any atom is -0.457 e. The van der Waals surface area contributed by atoms with Crippen LogP contribution >= 0.6 is 0 Å². The Kier molecular flexibility index (Phi) is 4.90. The van der Waals surface area contributed by atoms with Gasteiger partial charge in [-0.3, -0.25) is 10.1 Å². The molecule has 0 atom stereocenters. The van der Waals surface area contributed by atoms with Gasteiger partial charge in [-0.05, 0) is 43.3 Å². The van der Waals surface area contributed by atoms with Crippen molar-refractivity contribution in [1.29, 1.82) is 0 Å². The normalized spacial score (nSPS) is 10.4. The van der Waals surface area contributed by atoms with E-state index < -0.39 is 4.92 Å². The number of aryl methyl sites for hydroxylation is 1. The van der Waals surface area contributed by atoms with E-state index in [1.54, 1.807) is 19.1 Å². The SMILES string of the molecule is CCNCc1cccc(Oc2ccc([N+](=O)[O-])c(C)c2)c1. The molecule has 0 unspecified atom stereocenters. The number of nitro groups is 1. The first-order chi connectivity index (χ1) is 10.1. The Morgan fingerprint density at radius 1 is 1.19 bits per heavy atom. The molecule has 0 amide bonds. The molecule has 0 heterocycles. The molecule has 0 saturated heterocycles. The lowest BCUT2D eigenvalue weighted by Crippen LogP contribution is -2.11. The van der Waals surface area contributed by atoms with Crippen LogP contribution in [0, 0.1) is 17.0 Å². The number of hydrogen-bond donors (Lipinski definition) is 1. The van der Waals surface area contributed by atoms with Gasteiger partial charge >= 0.3 is 0 Å². The molecule has 2 rings (SSSR count). The monoisotopic (exact) mass is 286 g/mol. The summed E-state index contributed by atoms with van der Waals surface area (Å²) in [6.45, 7) is 5.45. The number of nitro benzene ring substituents is 1. The molecular formula is C16H18N2O3. The fourth-order valence-electron chi connectivity index (χ4n) is 2.02. The van der Waals surface area contributed by atoms with Gasteiger partial charge in [-0.25, -0.2) is 0 Å². The molecule has 2 aromatic rings. The third-order valence-electron chi connectivity index (χ3n) is 3.08. The summed E-state index contributed by atoms with van der Waals surface area (Å²) < 4.78 is 5.76. The topological polar surface area (TPSA) is 64.4 Å². The van der Waals surface area contributed by atoms with Gasteiger partial charge in [0.2, 0.25) is 0 Å². The first-order valence-corrected chi connectivity index (χ1v) is 6.82. The van der Waals surface area contributed by atoms with Gasteiger partial charge in [0.15, 0.2) is 0 Å². The van der Waals surface area contributed by atoms with E-state index in [1.807, 2.05) is 24.3 Å². The Morgan fingerprint density at radius 2 is 1.95 bits per heavy atom. The van der Waals surface area contributed by atoms with Crippen LogP contribution < -0.4 is 10.1 Å². The summed E-state index contributed by atoms with van der Waals surface area (Å²) in [7, 11) is 0. The van der Waals surface area contributed by atoms with Gasteiger partial charge < -0.3 is 10.1 Å². The zero-order valence-electron chi connectivity index (χ0n) is 12.1. The van der Waals surface area contributed by atoms with Crippen LogP contribution in [0.3, 0.4) is 0 Å². The summed E-state index contributed by atoms with van der Waals surface area (Å²) in [6.07, 6.45) is 0. The summed E-state index contributed by atoms with van der Waals surface area (Å²) in [5.74, 6) is 1.32. The van der Waals surface area contributed by atoms with E-state index in [0.29, 0.717) is 11.3 Å². The molecule has 0 aromatic heterocycles. The van der Waals surface area contributed by atoms with Crippen molar-refractivity contribution in [3.8, 4) is 11.5 Å². The molecule has 110 valence electrons. The molecule has 2 aromatic carbocycles. The fourth-order valence-corrected chi connectivity index (χ4v) is 2.02. The van der Waals surface area contributed by atoms with Crippen LogP contribution in [0.25, 0.3) is 0 Å². The molecule has 0 spiro atoms. The lowest BCUT2D eigenvalue weighted by molar-refractivity contribution is -0.385. The summed E-state index contributed by atoms with van der Waals surface area (Å²) >= 11 is 0. The molecule has 5 heteroatoms. The summed E-state index contributed by atoms with van der Waals surface area (Å²) in [5, 5.41) is 14.0. The van der Waals surface area contributed by atoms with E-state index in [-0.39, 0.29) is 5.69 Å². The van der Waals surface area contributed by atoms with E-state index in [1.165, 1.54) is 6.07 Å². The molecule has 0 radical (unpaired) electrons. The average molecular weight is 286 g/mol. The van der Waals surface area contributed by atoms with Crippen LogP contribution in [0.15, 0.2) is 42.5 Å². The number of nitrogens with zero attached hydrogens (tertiary/aromatic N) is 1. The van der Waals surface area contributed by atoms with Crippen LogP contribution in [0.1, 0.15) is 18.1 Å². The van der Waals surface area contributed by atoms with Gasteiger partial charge in [-0.1, -0.05) is 19.1 Å². The van der Waals surface area contributed by atoms with Crippen molar-refractivity contribution in [2.24, 2.45) is 0 Å². The van der Waals surface area contributed by atoms with Crippen LogP contribution in [-0.2, 0) is 6.54 Å². The van der Waals surface area contributed by atoms with Crippen LogP contribution in [0.5, 0.6) is 11.5 Å². The zero-order chi connectivity index (χ0) is 15.2. The number of hydrogen-bond acceptors (Lipinski definition) is 4. The molecule has 0 aliphatic carbocycles. The highest BCUT2D eigenvalue weighted by molar-refractivity contribution is 5.45. The van der Waals surface area contributed by atoms with E-state index in [4.69, 9.17) is 4.74 Å². The van der Waals surface area contributed by atoms with E-state index in [2.05, 4.69) is 12.2 Å². The Morgan fingerprint density at radius 3 is 2.62 bits per heavy atom. The van der Waals surface area contributed by atoms with Crippen LogP contribution in [-0.4, -0.2) is 11.5 Å². The third kappa shape index (κ3) is 4.03. The van der Waals surface area contributed by atoms with Crippen LogP contribution in [0.2, 0.25) is 0 Å². The number of ether oxygens (including phenoxy) is 1. The lowest BCUT2D eigenvalue weighted by Gasteiger charge is -2.09. The minimum atomic E-state index is -0.393. The van der Waals surface area contributed by atoms with Crippen LogP contribution in [0.4, 0.5) is 5.69 Å². The number of nitrogens with one attached hydrogen (secondary N) is 1. The molecule has 5 nitrogen and oxygen atoms in total. The van der Waals surface area contributed by atoms with Gasteiger partial charge in [0.25, 0.3) is 5.69 Å². The molecule has 0 saturated carbocycles. The zero-order valence-corrected chi connectivity index (χ0v) is 12.1. The average Bonchev–Trinajstić information content (AvgIpc) is 2.45. The Bertz CT molecular complexity index is 641. The highest BCUT2D eigenvalue weighted by atomic mass is 16.6. The lowest BCUT2D eigenvalue weighted by atomic mass is 10.2. The summed E-state index contributed by atoms with van der Waals surface area (Å²) in [6, 6.07) is 12.5. The molecule has 21 heavy (non-hydrogen) atoms. The Hall–Kier alpha value is -2.40. The van der Waals surface area contributed by atoms with Crippen molar-refractivity contribution >= 4 is 5.69 Å². The predicted octanol–water partition coefficient (Wildman–Crippen LogP) is 3.81. The maximum absolute atomic E-state index is 10.8. The first-order valence-electron chi connectivity index (χ1n) is 6.82. The largest absolute Gasteiger partial charge is 0.457 e. The fraction of sp³-hybridized carbons (Fsp3) is 0.250. The van der Waals surface area contributed by atoms with Gasteiger partial charge in [-0.2, -0.15) is 0 Å². The second kappa shape index (κ2) is 6.85. The molecular weight excluding hydrogens is 268 g/mol. The minimum absolute atomic E-state index is 0.100. The smallest absolute Gasteiger partial charge is 0.272 e. The van der Waals surface area contributed by atoms with Gasteiger partial charge in [0, 0.05) is 18.2 Å². The van der Waals surface area contributed by atoms with Gasteiger partial charge in [-0.15, -0.1) is 0 Å². The van der Waals surface area contributed by atoms with E-state index in [0.717, 1.165) is 24.4 Å². The van der Waals surface area contributed by atoms with Crippen molar-refractivity contribution in [1.82, 2.24) is 5.32 Å². The van der Waals surface area contributed by atoms with Crippen molar-refractivity contribution < 1.29 is 9.66 Å². The standard InChI is InChI=1S/C16H18N2O3/c1-3-17-11-13-5-4-6-14(10-13)21-15-7-8-16(18(19)20)12(2)9-15/h4-10,17H,3,11H2,1-2H3. The molecule has 1 N–H and O–H groups in total.